The van der Waals surface area contributed by atoms with Crippen LogP contribution in [0.25, 0.3) is 0 Å². The summed E-state index contributed by atoms with van der Waals surface area (Å²) in [7, 11) is 0. The quantitative estimate of drug-likeness (QED) is 0.759. The number of hydrogen-bond donors (Lipinski definition) is 1. The molecule has 2 heteroatoms. The molecule has 0 aliphatic carbocycles. The molecule has 1 aromatic rings. The van der Waals surface area contributed by atoms with Crippen LogP contribution in [-0.2, 0) is 6.42 Å². The molecule has 1 aromatic carbocycles. The van der Waals surface area contributed by atoms with Crippen molar-refractivity contribution < 1.29 is 0 Å². The summed E-state index contributed by atoms with van der Waals surface area (Å²) in [6.45, 7) is 7.26. The highest BCUT2D eigenvalue weighted by Crippen LogP contribution is 2.14. The van der Waals surface area contributed by atoms with Gasteiger partial charge in [0.05, 0.1) is 0 Å². The van der Waals surface area contributed by atoms with Crippen LogP contribution in [0.15, 0.2) is 30.3 Å². The van der Waals surface area contributed by atoms with E-state index < -0.39 is 0 Å². The molecule has 15 heavy (non-hydrogen) atoms. The Hall–Kier alpha value is -0.530. The van der Waals surface area contributed by atoms with Crippen LogP contribution in [0.1, 0.15) is 26.3 Å². The van der Waals surface area contributed by atoms with Gasteiger partial charge in [-0.25, -0.2) is 0 Å². The summed E-state index contributed by atoms with van der Waals surface area (Å²) in [5.41, 5.74) is 1.36. The van der Waals surface area contributed by atoms with E-state index in [4.69, 9.17) is 11.6 Å². The number of alkyl halides is 1. The van der Waals surface area contributed by atoms with Crippen molar-refractivity contribution in [2.45, 2.75) is 38.1 Å². The summed E-state index contributed by atoms with van der Waals surface area (Å²) in [4.78, 5) is 0. The van der Waals surface area contributed by atoms with Crippen molar-refractivity contribution >= 4 is 11.6 Å². The first-order valence-electron chi connectivity index (χ1n) is 5.45. The Labute approximate surface area is 97.8 Å². The summed E-state index contributed by atoms with van der Waals surface area (Å²) in [5.74, 6) is 0. The Morgan fingerprint density at radius 3 is 2.40 bits per heavy atom. The highest BCUT2D eigenvalue weighted by Gasteiger charge is 2.22. The summed E-state index contributed by atoms with van der Waals surface area (Å²) in [6, 6.07) is 10.5. The molecule has 84 valence electrons. The molecule has 0 radical (unpaired) electrons. The van der Waals surface area contributed by atoms with Gasteiger partial charge in [-0.2, -0.15) is 0 Å². The van der Waals surface area contributed by atoms with E-state index in [9.17, 15) is 0 Å². The molecule has 0 amide bonds. The second kappa shape index (κ2) is 5.53. The SMILES string of the molecule is CC(Cl)C(C)(C)NCCc1ccccc1. The van der Waals surface area contributed by atoms with Crippen LogP contribution in [0.4, 0.5) is 0 Å². The zero-order valence-electron chi connectivity index (χ0n) is 9.76. The van der Waals surface area contributed by atoms with E-state index in [0.29, 0.717) is 0 Å². The van der Waals surface area contributed by atoms with E-state index in [1.165, 1.54) is 5.56 Å². The lowest BCUT2D eigenvalue weighted by atomic mass is 10.0. The largest absolute Gasteiger partial charge is 0.310 e. The monoisotopic (exact) mass is 225 g/mol. The Kier molecular flexibility index (Phi) is 4.62. The van der Waals surface area contributed by atoms with Gasteiger partial charge in [-0.1, -0.05) is 30.3 Å². The number of nitrogens with one attached hydrogen (secondary N) is 1. The van der Waals surface area contributed by atoms with Crippen molar-refractivity contribution in [3.05, 3.63) is 35.9 Å². The topological polar surface area (TPSA) is 12.0 Å². The number of benzene rings is 1. The molecule has 0 heterocycles. The van der Waals surface area contributed by atoms with Crippen molar-refractivity contribution in [2.75, 3.05) is 6.54 Å². The minimum atomic E-state index is -0.00364. The maximum atomic E-state index is 6.09. The highest BCUT2D eigenvalue weighted by atomic mass is 35.5. The van der Waals surface area contributed by atoms with E-state index in [0.717, 1.165) is 13.0 Å². The lowest BCUT2D eigenvalue weighted by Crippen LogP contribution is -2.46. The predicted molar refractivity (Wildman–Crippen MR) is 67.5 cm³/mol. The second-order valence-corrected chi connectivity index (χ2v) is 5.15. The van der Waals surface area contributed by atoms with Crippen LogP contribution >= 0.6 is 11.6 Å². The first kappa shape index (κ1) is 12.5. The van der Waals surface area contributed by atoms with Gasteiger partial charge in [0.1, 0.15) is 0 Å². The van der Waals surface area contributed by atoms with Crippen LogP contribution in [0.3, 0.4) is 0 Å². The molecule has 0 bridgehead atoms. The normalized spacial score (nSPS) is 13.9. The molecular formula is C13H20ClN. The van der Waals surface area contributed by atoms with Crippen molar-refractivity contribution in [1.82, 2.24) is 5.32 Å². The van der Waals surface area contributed by atoms with Crippen LogP contribution in [0, 0.1) is 0 Å². The summed E-state index contributed by atoms with van der Waals surface area (Å²) < 4.78 is 0. The third kappa shape index (κ3) is 4.23. The van der Waals surface area contributed by atoms with E-state index in [-0.39, 0.29) is 10.9 Å². The first-order valence-corrected chi connectivity index (χ1v) is 5.89. The molecule has 0 spiro atoms. The molecule has 0 fully saturated rings. The minimum Gasteiger partial charge on any atom is -0.310 e. The molecule has 1 rings (SSSR count). The molecule has 0 saturated carbocycles. The molecule has 1 unspecified atom stereocenters. The van der Waals surface area contributed by atoms with Crippen molar-refractivity contribution in [1.29, 1.82) is 0 Å². The van der Waals surface area contributed by atoms with Crippen LogP contribution in [-0.4, -0.2) is 17.5 Å². The molecule has 0 aliphatic rings. The van der Waals surface area contributed by atoms with Crippen LogP contribution in [0.2, 0.25) is 0 Å². The third-order valence-electron chi connectivity index (χ3n) is 2.83. The molecular weight excluding hydrogens is 206 g/mol. The first-order chi connectivity index (χ1) is 7.02. The van der Waals surface area contributed by atoms with E-state index in [2.05, 4.69) is 43.4 Å². The fourth-order valence-electron chi connectivity index (χ4n) is 1.31. The Morgan fingerprint density at radius 2 is 1.87 bits per heavy atom. The molecule has 0 saturated heterocycles. The maximum Gasteiger partial charge on any atom is 0.0484 e. The van der Waals surface area contributed by atoms with Crippen molar-refractivity contribution in [3.63, 3.8) is 0 Å². The van der Waals surface area contributed by atoms with Gasteiger partial charge in [0, 0.05) is 10.9 Å². The average Bonchev–Trinajstić information content (AvgIpc) is 2.19. The van der Waals surface area contributed by atoms with Crippen LogP contribution < -0.4 is 5.32 Å². The van der Waals surface area contributed by atoms with Gasteiger partial charge in [0.25, 0.3) is 0 Å². The molecule has 1 N–H and O–H groups in total. The fraction of sp³-hybridized carbons (Fsp3) is 0.538. The van der Waals surface area contributed by atoms with Gasteiger partial charge in [-0.15, -0.1) is 11.6 Å². The van der Waals surface area contributed by atoms with Crippen molar-refractivity contribution in [3.8, 4) is 0 Å². The average molecular weight is 226 g/mol. The van der Waals surface area contributed by atoms with Gasteiger partial charge in [-0.3, -0.25) is 0 Å². The Balaban J connectivity index is 2.34. The molecule has 0 aromatic heterocycles. The van der Waals surface area contributed by atoms with Gasteiger partial charge in [0.15, 0.2) is 0 Å². The minimum absolute atomic E-state index is 0.00364. The number of rotatable bonds is 5. The molecule has 1 nitrogen and oxygen atoms in total. The van der Waals surface area contributed by atoms with E-state index >= 15 is 0 Å². The predicted octanol–water partition coefficient (Wildman–Crippen LogP) is 3.22. The van der Waals surface area contributed by atoms with Gasteiger partial charge in [0.2, 0.25) is 0 Å². The summed E-state index contributed by atoms with van der Waals surface area (Å²) >= 11 is 6.09. The Morgan fingerprint density at radius 1 is 1.27 bits per heavy atom. The third-order valence-corrected chi connectivity index (χ3v) is 3.38. The second-order valence-electron chi connectivity index (χ2n) is 4.50. The van der Waals surface area contributed by atoms with Crippen LogP contribution in [0.5, 0.6) is 0 Å². The van der Waals surface area contributed by atoms with Gasteiger partial charge >= 0.3 is 0 Å². The number of halogens is 1. The maximum absolute atomic E-state index is 6.09. The zero-order chi connectivity index (χ0) is 11.3. The summed E-state index contributed by atoms with van der Waals surface area (Å²) in [6.07, 6.45) is 1.05. The zero-order valence-corrected chi connectivity index (χ0v) is 10.5. The van der Waals surface area contributed by atoms with E-state index in [1.54, 1.807) is 0 Å². The molecule has 0 aliphatic heterocycles. The summed E-state index contributed by atoms with van der Waals surface area (Å²) in [5, 5.41) is 3.61. The highest BCUT2D eigenvalue weighted by molar-refractivity contribution is 6.21. The fourth-order valence-corrected chi connectivity index (χ4v) is 1.39. The standard InChI is InChI=1S/C13H20ClN/c1-11(14)13(2,3)15-10-9-12-7-5-4-6-8-12/h4-8,11,15H,9-10H2,1-3H3. The van der Waals surface area contributed by atoms with E-state index in [1.807, 2.05) is 13.0 Å². The molecule has 1 atom stereocenters. The van der Waals surface area contributed by atoms with Gasteiger partial charge < -0.3 is 5.32 Å². The smallest absolute Gasteiger partial charge is 0.0484 e. The number of hydrogen-bond acceptors (Lipinski definition) is 1. The van der Waals surface area contributed by atoms with Gasteiger partial charge in [-0.05, 0) is 39.3 Å². The van der Waals surface area contributed by atoms with Crippen molar-refractivity contribution in [2.24, 2.45) is 0 Å². The lowest BCUT2D eigenvalue weighted by Gasteiger charge is -2.29. The lowest BCUT2D eigenvalue weighted by molar-refractivity contribution is 0.385. The Bertz CT molecular complexity index is 280.